The molecule has 5 heteroatoms. The Kier molecular flexibility index (Phi) is 4.54. The zero-order chi connectivity index (χ0) is 13.1. The highest BCUT2D eigenvalue weighted by molar-refractivity contribution is 5.27. The predicted octanol–water partition coefficient (Wildman–Crippen LogP) is 2.90. The molecule has 0 aliphatic rings. The molecule has 0 fully saturated rings. The minimum Gasteiger partial charge on any atom is -0.390 e. The van der Waals surface area contributed by atoms with Gasteiger partial charge in [-0.15, -0.1) is 0 Å². The van der Waals surface area contributed by atoms with Crippen molar-refractivity contribution in [2.24, 2.45) is 0 Å². The molecular weight excluding hydrogens is 233 g/mol. The average Bonchev–Trinajstić information content (AvgIpc) is 2.27. The number of hydrogen-bond acceptors (Lipinski definition) is 2. The molecule has 0 aliphatic carbocycles. The van der Waals surface area contributed by atoms with Crippen molar-refractivity contribution in [1.82, 2.24) is 0 Å². The van der Waals surface area contributed by atoms with Gasteiger partial charge in [0.15, 0.2) is 0 Å². The van der Waals surface area contributed by atoms with E-state index in [2.05, 4.69) is 0 Å². The van der Waals surface area contributed by atoms with Gasteiger partial charge >= 0.3 is 6.18 Å². The van der Waals surface area contributed by atoms with Gasteiger partial charge < -0.3 is 10.2 Å². The molecule has 2 nitrogen and oxygen atoms in total. The highest BCUT2D eigenvalue weighted by Gasteiger charge is 2.31. The molecule has 1 rings (SSSR count). The fourth-order valence-corrected chi connectivity index (χ4v) is 1.57. The second kappa shape index (κ2) is 5.51. The van der Waals surface area contributed by atoms with Crippen LogP contribution in [0.25, 0.3) is 0 Å². The Balaban J connectivity index is 2.92. The number of benzene rings is 1. The summed E-state index contributed by atoms with van der Waals surface area (Å²) < 4.78 is 37.3. The molecule has 0 heterocycles. The second-order valence-corrected chi connectivity index (χ2v) is 3.92. The summed E-state index contributed by atoms with van der Waals surface area (Å²) in [6.07, 6.45) is -5.76. The number of alkyl halides is 3. The first kappa shape index (κ1) is 14.0. The Morgan fingerprint density at radius 2 is 1.88 bits per heavy atom. The van der Waals surface area contributed by atoms with Crippen molar-refractivity contribution in [2.75, 3.05) is 0 Å². The van der Waals surface area contributed by atoms with Crippen LogP contribution < -0.4 is 0 Å². The van der Waals surface area contributed by atoms with Crippen LogP contribution in [0.15, 0.2) is 24.3 Å². The first-order chi connectivity index (χ1) is 7.86. The maximum atomic E-state index is 12.4. The lowest BCUT2D eigenvalue weighted by Crippen LogP contribution is -2.18. The summed E-state index contributed by atoms with van der Waals surface area (Å²) in [4.78, 5) is 0. The van der Waals surface area contributed by atoms with Gasteiger partial charge in [-0.2, -0.15) is 13.2 Å². The van der Waals surface area contributed by atoms with Gasteiger partial charge in [0.1, 0.15) is 6.10 Å². The lowest BCUT2D eigenvalue weighted by atomic mass is 9.99. The van der Waals surface area contributed by atoms with Crippen LogP contribution in [0, 0.1) is 0 Å². The first-order valence-electron chi connectivity index (χ1n) is 5.39. The molecule has 0 aliphatic heterocycles. The largest absolute Gasteiger partial charge is 0.416 e. The summed E-state index contributed by atoms with van der Waals surface area (Å²) in [7, 11) is 0. The molecular formula is C12H15F3O2. The molecule has 0 spiro atoms. The van der Waals surface area contributed by atoms with Crippen molar-refractivity contribution >= 4 is 0 Å². The van der Waals surface area contributed by atoms with Crippen LogP contribution in [0.2, 0.25) is 0 Å². The normalized spacial score (nSPS) is 15.6. The van der Waals surface area contributed by atoms with Crippen LogP contribution in [0.1, 0.15) is 37.0 Å². The molecule has 0 aromatic heterocycles. The molecule has 2 atom stereocenters. The second-order valence-electron chi connectivity index (χ2n) is 3.92. The molecule has 17 heavy (non-hydrogen) atoms. The Morgan fingerprint density at radius 3 is 2.41 bits per heavy atom. The van der Waals surface area contributed by atoms with Crippen LogP contribution in [0.5, 0.6) is 0 Å². The van der Waals surface area contributed by atoms with E-state index in [1.165, 1.54) is 12.1 Å². The minimum absolute atomic E-state index is 0.0841. The van der Waals surface area contributed by atoms with Crippen LogP contribution in [-0.4, -0.2) is 16.3 Å². The standard InChI is InChI=1S/C12H15F3O2/c1-2-4-10(16)11(17)8-5-3-6-9(7-8)12(13,14)15/h3,5-7,10-11,16-17H,2,4H2,1H3. The van der Waals surface area contributed by atoms with Crippen molar-refractivity contribution in [3.8, 4) is 0 Å². The monoisotopic (exact) mass is 248 g/mol. The average molecular weight is 248 g/mol. The molecule has 0 bridgehead atoms. The maximum absolute atomic E-state index is 12.4. The maximum Gasteiger partial charge on any atom is 0.416 e. The number of aliphatic hydroxyl groups excluding tert-OH is 2. The van der Waals surface area contributed by atoms with Crippen molar-refractivity contribution in [2.45, 2.75) is 38.1 Å². The SMILES string of the molecule is CCCC(O)C(O)c1cccc(C(F)(F)F)c1. The lowest BCUT2D eigenvalue weighted by Gasteiger charge is -2.18. The summed E-state index contributed by atoms with van der Waals surface area (Å²) in [5.74, 6) is 0. The van der Waals surface area contributed by atoms with E-state index in [1.807, 2.05) is 6.92 Å². The molecule has 0 radical (unpaired) electrons. The zero-order valence-corrected chi connectivity index (χ0v) is 9.41. The van der Waals surface area contributed by atoms with E-state index in [1.54, 1.807) is 0 Å². The molecule has 1 aromatic rings. The smallest absolute Gasteiger partial charge is 0.390 e. The van der Waals surface area contributed by atoms with Crippen molar-refractivity contribution < 1.29 is 23.4 Å². The summed E-state index contributed by atoms with van der Waals surface area (Å²) in [5.41, 5.74) is -0.737. The Labute approximate surface area is 97.7 Å². The quantitative estimate of drug-likeness (QED) is 0.860. The highest BCUT2D eigenvalue weighted by Crippen LogP contribution is 2.31. The third-order valence-corrected chi connectivity index (χ3v) is 2.50. The summed E-state index contributed by atoms with van der Waals surface area (Å²) in [5, 5.41) is 19.2. The Morgan fingerprint density at radius 1 is 1.24 bits per heavy atom. The van der Waals surface area contributed by atoms with E-state index in [9.17, 15) is 23.4 Å². The van der Waals surface area contributed by atoms with Gasteiger partial charge in [0, 0.05) is 0 Å². The lowest BCUT2D eigenvalue weighted by molar-refractivity contribution is -0.137. The van der Waals surface area contributed by atoms with E-state index in [0.717, 1.165) is 12.1 Å². The van der Waals surface area contributed by atoms with Crippen molar-refractivity contribution in [3.63, 3.8) is 0 Å². The third-order valence-electron chi connectivity index (χ3n) is 2.50. The molecule has 96 valence electrons. The molecule has 2 N–H and O–H groups in total. The summed E-state index contributed by atoms with van der Waals surface area (Å²) in [6, 6.07) is 4.39. The van der Waals surface area contributed by atoms with E-state index in [0.29, 0.717) is 12.8 Å². The van der Waals surface area contributed by atoms with Gasteiger partial charge in [-0.1, -0.05) is 25.5 Å². The van der Waals surface area contributed by atoms with E-state index < -0.39 is 23.9 Å². The Bertz CT molecular complexity index is 363. The van der Waals surface area contributed by atoms with Gasteiger partial charge in [-0.25, -0.2) is 0 Å². The number of aliphatic hydroxyl groups is 2. The molecule has 1 aromatic carbocycles. The Hall–Kier alpha value is -1.07. The van der Waals surface area contributed by atoms with Crippen LogP contribution in [-0.2, 0) is 6.18 Å². The molecule has 0 amide bonds. The topological polar surface area (TPSA) is 40.5 Å². The molecule has 0 saturated carbocycles. The zero-order valence-electron chi connectivity index (χ0n) is 9.41. The summed E-state index contributed by atoms with van der Waals surface area (Å²) >= 11 is 0. The van der Waals surface area contributed by atoms with Crippen LogP contribution >= 0.6 is 0 Å². The van der Waals surface area contributed by atoms with E-state index >= 15 is 0 Å². The first-order valence-corrected chi connectivity index (χ1v) is 5.39. The molecule has 2 unspecified atom stereocenters. The van der Waals surface area contributed by atoms with Gasteiger partial charge in [0.05, 0.1) is 11.7 Å². The predicted molar refractivity (Wildman–Crippen MR) is 57.3 cm³/mol. The fourth-order valence-electron chi connectivity index (χ4n) is 1.57. The fraction of sp³-hybridized carbons (Fsp3) is 0.500. The van der Waals surface area contributed by atoms with Gasteiger partial charge in [0.25, 0.3) is 0 Å². The summed E-state index contributed by atoms with van der Waals surface area (Å²) in [6.45, 7) is 1.82. The third kappa shape index (κ3) is 3.71. The van der Waals surface area contributed by atoms with E-state index in [-0.39, 0.29) is 5.56 Å². The highest BCUT2D eigenvalue weighted by atomic mass is 19.4. The van der Waals surface area contributed by atoms with Crippen LogP contribution in [0.4, 0.5) is 13.2 Å². The van der Waals surface area contributed by atoms with Crippen molar-refractivity contribution in [1.29, 1.82) is 0 Å². The van der Waals surface area contributed by atoms with Crippen molar-refractivity contribution in [3.05, 3.63) is 35.4 Å². The van der Waals surface area contributed by atoms with Gasteiger partial charge in [-0.3, -0.25) is 0 Å². The van der Waals surface area contributed by atoms with Gasteiger partial charge in [0.2, 0.25) is 0 Å². The molecule has 0 saturated heterocycles. The van der Waals surface area contributed by atoms with Crippen LogP contribution in [0.3, 0.4) is 0 Å². The number of halogens is 3. The number of rotatable bonds is 4. The van der Waals surface area contributed by atoms with E-state index in [4.69, 9.17) is 0 Å². The van der Waals surface area contributed by atoms with Gasteiger partial charge in [-0.05, 0) is 24.1 Å². The minimum atomic E-state index is -4.44. The number of hydrogen-bond donors (Lipinski definition) is 2.